The van der Waals surface area contributed by atoms with E-state index in [9.17, 15) is 9.59 Å². The molecule has 0 aliphatic heterocycles. The normalized spacial score (nSPS) is 12.0. The van der Waals surface area contributed by atoms with Crippen molar-refractivity contribution in [2.45, 2.75) is 31.7 Å². The largest absolute Gasteiger partial charge is 0.480 e. The number of amides is 1. The zero-order chi connectivity index (χ0) is 15.1. The van der Waals surface area contributed by atoms with Crippen molar-refractivity contribution in [3.05, 3.63) is 40.6 Å². The molecule has 0 radical (unpaired) electrons. The number of imidazole rings is 1. The van der Waals surface area contributed by atoms with E-state index in [1.54, 1.807) is 17.5 Å². The number of hydrogen-bond donors (Lipinski definition) is 3. The van der Waals surface area contributed by atoms with Crippen molar-refractivity contribution in [2.24, 2.45) is 0 Å². The topological polar surface area (TPSA) is 95.1 Å². The minimum absolute atomic E-state index is 0.200. The summed E-state index contributed by atoms with van der Waals surface area (Å²) in [4.78, 5) is 30.9. The molecule has 112 valence electrons. The van der Waals surface area contributed by atoms with Crippen LogP contribution in [0, 0.1) is 0 Å². The van der Waals surface area contributed by atoms with Gasteiger partial charge < -0.3 is 15.4 Å². The number of nitrogens with one attached hydrogen (secondary N) is 2. The van der Waals surface area contributed by atoms with Gasteiger partial charge in [-0.25, -0.2) is 9.78 Å². The highest BCUT2D eigenvalue weighted by atomic mass is 32.1. The van der Waals surface area contributed by atoms with Gasteiger partial charge in [0.15, 0.2) is 0 Å². The van der Waals surface area contributed by atoms with Crippen molar-refractivity contribution >= 4 is 23.2 Å². The lowest BCUT2D eigenvalue weighted by molar-refractivity contribution is -0.141. The van der Waals surface area contributed by atoms with Gasteiger partial charge in [0.05, 0.1) is 6.33 Å². The predicted octanol–water partition coefficient (Wildman–Crippen LogP) is 1.61. The standard InChI is InChI=1S/C14H17N3O3S/c18-13(5-1-3-11-4-2-6-21-11)17-12(14(19)20)7-10-8-15-9-16-10/h2,4,6,8-9,12H,1,3,5,7H2,(H,15,16)(H,17,18)(H,19,20). The second kappa shape index (κ2) is 7.58. The van der Waals surface area contributed by atoms with Crippen LogP contribution in [0.3, 0.4) is 0 Å². The number of H-pyrrole nitrogens is 1. The second-order valence-corrected chi connectivity index (χ2v) is 5.70. The van der Waals surface area contributed by atoms with Crippen molar-refractivity contribution in [3.8, 4) is 0 Å². The van der Waals surface area contributed by atoms with Gasteiger partial charge in [-0.15, -0.1) is 11.3 Å². The Labute approximate surface area is 126 Å². The van der Waals surface area contributed by atoms with Crippen LogP contribution in [0.4, 0.5) is 0 Å². The lowest BCUT2D eigenvalue weighted by Gasteiger charge is -2.13. The average Bonchev–Trinajstić information content (AvgIpc) is 3.10. The summed E-state index contributed by atoms with van der Waals surface area (Å²) >= 11 is 1.66. The number of aliphatic carboxylic acids is 1. The summed E-state index contributed by atoms with van der Waals surface area (Å²) in [6.45, 7) is 0. The van der Waals surface area contributed by atoms with Crippen molar-refractivity contribution in [1.82, 2.24) is 15.3 Å². The van der Waals surface area contributed by atoms with Gasteiger partial charge in [-0.2, -0.15) is 0 Å². The third-order valence-electron chi connectivity index (χ3n) is 3.02. The average molecular weight is 307 g/mol. The molecular formula is C14H17N3O3S. The molecule has 0 aliphatic carbocycles. The van der Waals surface area contributed by atoms with Crippen LogP contribution in [-0.2, 0) is 22.4 Å². The summed E-state index contributed by atoms with van der Waals surface area (Å²) < 4.78 is 0. The summed E-state index contributed by atoms with van der Waals surface area (Å²) in [6, 6.07) is 3.07. The molecule has 2 heterocycles. The van der Waals surface area contributed by atoms with Gasteiger partial charge in [0, 0.05) is 29.6 Å². The summed E-state index contributed by atoms with van der Waals surface area (Å²) in [7, 11) is 0. The van der Waals surface area contributed by atoms with Crippen LogP contribution in [0.1, 0.15) is 23.4 Å². The Morgan fingerprint density at radius 2 is 2.33 bits per heavy atom. The maximum atomic E-state index is 11.8. The fourth-order valence-electron chi connectivity index (χ4n) is 1.96. The Morgan fingerprint density at radius 1 is 1.48 bits per heavy atom. The highest BCUT2D eigenvalue weighted by Crippen LogP contribution is 2.12. The van der Waals surface area contributed by atoms with Gasteiger partial charge in [-0.05, 0) is 24.3 Å². The maximum absolute atomic E-state index is 11.8. The van der Waals surface area contributed by atoms with Crippen LogP contribution < -0.4 is 5.32 Å². The van der Waals surface area contributed by atoms with Crippen molar-refractivity contribution in [2.75, 3.05) is 0 Å². The zero-order valence-electron chi connectivity index (χ0n) is 11.4. The smallest absolute Gasteiger partial charge is 0.326 e. The van der Waals surface area contributed by atoms with Crippen LogP contribution in [0.15, 0.2) is 30.0 Å². The minimum atomic E-state index is -1.05. The van der Waals surface area contributed by atoms with Crippen molar-refractivity contribution in [3.63, 3.8) is 0 Å². The molecule has 0 spiro atoms. The van der Waals surface area contributed by atoms with Gasteiger partial charge in [0.1, 0.15) is 6.04 Å². The van der Waals surface area contributed by atoms with E-state index < -0.39 is 12.0 Å². The number of aromatic amines is 1. The first-order valence-electron chi connectivity index (χ1n) is 6.67. The van der Waals surface area contributed by atoms with Crippen LogP contribution in [0.2, 0.25) is 0 Å². The first-order chi connectivity index (χ1) is 10.1. The highest BCUT2D eigenvalue weighted by Gasteiger charge is 2.20. The first kappa shape index (κ1) is 15.2. The fourth-order valence-corrected chi connectivity index (χ4v) is 2.71. The van der Waals surface area contributed by atoms with E-state index in [0.29, 0.717) is 18.5 Å². The second-order valence-electron chi connectivity index (χ2n) is 4.67. The Hall–Kier alpha value is -2.15. The van der Waals surface area contributed by atoms with E-state index in [2.05, 4.69) is 15.3 Å². The quantitative estimate of drug-likeness (QED) is 0.690. The molecule has 1 unspecified atom stereocenters. The Balaban J connectivity index is 1.76. The van der Waals surface area contributed by atoms with Gasteiger partial charge in [-0.3, -0.25) is 4.79 Å². The Morgan fingerprint density at radius 3 is 2.95 bits per heavy atom. The first-order valence-corrected chi connectivity index (χ1v) is 7.55. The molecule has 6 nitrogen and oxygen atoms in total. The Kier molecular flexibility index (Phi) is 5.51. The molecule has 3 N–H and O–H groups in total. The lowest BCUT2D eigenvalue weighted by Crippen LogP contribution is -2.42. The number of carboxylic acid groups (broad SMARTS) is 1. The molecule has 21 heavy (non-hydrogen) atoms. The predicted molar refractivity (Wildman–Crippen MR) is 79.1 cm³/mol. The van der Waals surface area contributed by atoms with Gasteiger partial charge >= 0.3 is 5.97 Å². The maximum Gasteiger partial charge on any atom is 0.326 e. The van der Waals surface area contributed by atoms with Crippen molar-refractivity contribution in [1.29, 1.82) is 0 Å². The Bertz CT molecular complexity index is 566. The summed E-state index contributed by atoms with van der Waals surface area (Å²) in [5, 5.41) is 13.7. The van der Waals surface area contributed by atoms with Crippen molar-refractivity contribution < 1.29 is 14.7 Å². The SMILES string of the molecule is O=C(CCCc1cccs1)NC(Cc1cnc[nH]1)C(=O)O. The van der Waals surface area contributed by atoms with Gasteiger partial charge in [0.2, 0.25) is 5.91 Å². The molecule has 0 bridgehead atoms. The highest BCUT2D eigenvalue weighted by molar-refractivity contribution is 7.09. The molecule has 0 aliphatic rings. The van der Waals surface area contributed by atoms with Crippen LogP contribution in [0.5, 0.6) is 0 Å². The fraction of sp³-hybridized carbons (Fsp3) is 0.357. The van der Waals surface area contributed by atoms with E-state index in [-0.39, 0.29) is 12.3 Å². The minimum Gasteiger partial charge on any atom is -0.480 e. The van der Waals surface area contributed by atoms with Gasteiger partial charge in [-0.1, -0.05) is 6.07 Å². The van der Waals surface area contributed by atoms with E-state index in [1.165, 1.54) is 11.2 Å². The van der Waals surface area contributed by atoms with Crippen LogP contribution in [-0.4, -0.2) is 33.0 Å². The van der Waals surface area contributed by atoms with E-state index in [1.807, 2.05) is 17.5 Å². The number of thiophene rings is 1. The molecule has 0 saturated carbocycles. The molecule has 0 fully saturated rings. The number of hydrogen-bond acceptors (Lipinski definition) is 4. The number of rotatable bonds is 8. The lowest BCUT2D eigenvalue weighted by atomic mass is 10.1. The number of carboxylic acids is 1. The number of carbonyl (C=O) groups is 2. The zero-order valence-corrected chi connectivity index (χ0v) is 12.2. The van der Waals surface area contributed by atoms with Crippen LogP contribution >= 0.6 is 11.3 Å². The number of aryl methyl sites for hydroxylation is 1. The summed E-state index contributed by atoms with van der Waals surface area (Å²) in [6.07, 6.45) is 5.11. The molecule has 2 aromatic rings. The summed E-state index contributed by atoms with van der Waals surface area (Å²) in [5.74, 6) is -1.28. The molecular weight excluding hydrogens is 290 g/mol. The number of carbonyl (C=O) groups excluding carboxylic acids is 1. The molecule has 0 saturated heterocycles. The molecule has 0 aromatic carbocycles. The third-order valence-corrected chi connectivity index (χ3v) is 3.96. The molecule has 2 rings (SSSR count). The number of aromatic nitrogens is 2. The van der Waals surface area contributed by atoms with Gasteiger partial charge in [0.25, 0.3) is 0 Å². The molecule has 7 heteroatoms. The molecule has 1 amide bonds. The number of nitrogens with zero attached hydrogens (tertiary/aromatic N) is 1. The van der Waals surface area contributed by atoms with E-state index in [0.717, 1.165) is 6.42 Å². The monoisotopic (exact) mass is 307 g/mol. The summed E-state index contributed by atoms with van der Waals surface area (Å²) in [5.41, 5.74) is 0.682. The molecule has 2 aromatic heterocycles. The van der Waals surface area contributed by atoms with E-state index in [4.69, 9.17) is 5.11 Å². The van der Waals surface area contributed by atoms with Crippen LogP contribution in [0.25, 0.3) is 0 Å². The third kappa shape index (κ3) is 5.03. The molecule has 1 atom stereocenters. The van der Waals surface area contributed by atoms with E-state index >= 15 is 0 Å².